The minimum absolute atomic E-state index is 0.535. The van der Waals surface area contributed by atoms with Crippen LogP contribution in [0.4, 0.5) is 5.69 Å². The molecule has 1 saturated carbocycles. The standard InChI is InChI=1S/C13H16N4/c14-12-9-17(11-3-1-2-4-11)16-13(12)10-5-7-15-8-6-10/h5-9,11H,1-4,14H2. The smallest absolute Gasteiger partial charge is 0.115 e. The Kier molecular flexibility index (Phi) is 2.55. The van der Waals surface area contributed by atoms with Crippen LogP contribution in [0.3, 0.4) is 0 Å². The number of nitrogens with zero attached hydrogens (tertiary/aromatic N) is 3. The third-order valence-corrected chi connectivity index (χ3v) is 3.41. The van der Waals surface area contributed by atoms with Crippen molar-refractivity contribution in [3.63, 3.8) is 0 Å². The maximum atomic E-state index is 6.04. The highest BCUT2D eigenvalue weighted by atomic mass is 15.3. The van der Waals surface area contributed by atoms with Crippen molar-refractivity contribution in [3.8, 4) is 11.3 Å². The summed E-state index contributed by atoms with van der Waals surface area (Å²) in [7, 11) is 0. The Morgan fingerprint density at radius 1 is 1.18 bits per heavy atom. The van der Waals surface area contributed by atoms with E-state index < -0.39 is 0 Å². The molecule has 0 atom stereocenters. The lowest BCUT2D eigenvalue weighted by atomic mass is 10.2. The first-order valence-corrected chi connectivity index (χ1v) is 6.09. The lowest BCUT2D eigenvalue weighted by molar-refractivity contribution is 0.468. The molecule has 17 heavy (non-hydrogen) atoms. The number of rotatable bonds is 2. The van der Waals surface area contributed by atoms with E-state index in [2.05, 4.69) is 10.1 Å². The number of nitrogen functional groups attached to an aromatic ring is 1. The molecule has 0 aliphatic heterocycles. The maximum absolute atomic E-state index is 6.04. The molecule has 1 fully saturated rings. The van der Waals surface area contributed by atoms with Gasteiger partial charge in [0.1, 0.15) is 5.69 Å². The summed E-state index contributed by atoms with van der Waals surface area (Å²) in [6.45, 7) is 0. The fourth-order valence-corrected chi connectivity index (χ4v) is 2.50. The monoisotopic (exact) mass is 228 g/mol. The number of hydrogen-bond acceptors (Lipinski definition) is 3. The van der Waals surface area contributed by atoms with E-state index >= 15 is 0 Å². The van der Waals surface area contributed by atoms with Gasteiger partial charge in [-0.3, -0.25) is 9.67 Å². The molecule has 0 aromatic carbocycles. The summed E-state index contributed by atoms with van der Waals surface area (Å²) in [5, 5.41) is 4.63. The Bertz CT molecular complexity index is 497. The van der Waals surface area contributed by atoms with Gasteiger partial charge in [-0.1, -0.05) is 12.8 Å². The number of hydrogen-bond donors (Lipinski definition) is 1. The van der Waals surface area contributed by atoms with E-state index in [9.17, 15) is 0 Å². The molecule has 4 nitrogen and oxygen atoms in total. The van der Waals surface area contributed by atoms with Crippen LogP contribution in [0.1, 0.15) is 31.7 Å². The normalized spacial score (nSPS) is 16.5. The van der Waals surface area contributed by atoms with Crippen molar-refractivity contribution in [1.29, 1.82) is 0 Å². The van der Waals surface area contributed by atoms with E-state index in [1.807, 2.05) is 23.0 Å². The number of nitrogens with two attached hydrogens (primary N) is 1. The zero-order valence-electron chi connectivity index (χ0n) is 9.71. The average Bonchev–Trinajstić information content (AvgIpc) is 2.99. The Labute approximate surface area is 100 Å². The fourth-order valence-electron chi connectivity index (χ4n) is 2.50. The molecule has 0 bridgehead atoms. The highest BCUT2D eigenvalue weighted by Crippen LogP contribution is 2.32. The molecule has 88 valence electrons. The summed E-state index contributed by atoms with van der Waals surface area (Å²) < 4.78 is 2.04. The van der Waals surface area contributed by atoms with Crippen molar-refractivity contribution >= 4 is 5.69 Å². The lowest BCUT2D eigenvalue weighted by Gasteiger charge is -2.08. The van der Waals surface area contributed by atoms with Gasteiger partial charge in [0.2, 0.25) is 0 Å². The highest BCUT2D eigenvalue weighted by Gasteiger charge is 2.19. The Balaban J connectivity index is 1.96. The summed E-state index contributed by atoms with van der Waals surface area (Å²) >= 11 is 0. The Morgan fingerprint density at radius 3 is 2.59 bits per heavy atom. The van der Waals surface area contributed by atoms with E-state index in [4.69, 9.17) is 5.73 Å². The van der Waals surface area contributed by atoms with Gasteiger partial charge in [0.05, 0.1) is 11.7 Å². The summed E-state index contributed by atoms with van der Waals surface area (Å²) in [5.41, 5.74) is 8.70. The molecule has 2 aromatic heterocycles. The van der Waals surface area contributed by atoms with Gasteiger partial charge in [0, 0.05) is 24.2 Å². The molecule has 4 heteroatoms. The van der Waals surface area contributed by atoms with Crippen molar-refractivity contribution in [3.05, 3.63) is 30.7 Å². The van der Waals surface area contributed by atoms with Crippen LogP contribution < -0.4 is 5.73 Å². The molecule has 0 amide bonds. The van der Waals surface area contributed by atoms with Crippen molar-refractivity contribution in [2.75, 3.05) is 5.73 Å². The number of aromatic nitrogens is 3. The van der Waals surface area contributed by atoms with Crippen LogP contribution in [0.5, 0.6) is 0 Å². The molecule has 2 aromatic rings. The molecule has 1 aliphatic rings. The molecule has 2 heterocycles. The van der Waals surface area contributed by atoms with Gasteiger partial charge < -0.3 is 5.73 Å². The molecule has 1 aliphatic carbocycles. The third-order valence-electron chi connectivity index (χ3n) is 3.41. The summed E-state index contributed by atoms with van der Waals surface area (Å²) in [4.78, 5) is 4.01. The molecule has 2 N–H and O–H groups in total. The first-order chi connectivity index (χ1) is 8.34. The molecule has 0 unspecified atom stereocenters. The van der Waals surface area contributed by atoms with E-state index in [-0.39, 0.29) is 0 Å². The van der Waals surface area contributed by atoms with Gasteiger partial charge in [-0.05, 0) is 25.0 Å². The van der Waals surface area contributed by atoms with Crippen LogP contribution in [0, 0.1) is 0 Å². The van der Waals surface area contributed by atoms with Crippen LogP contribution in [-0.2, 0) is 0 Å². The predicted octanol–water partition coefficient (Wildman–Crippen LogP) is 2.64. The zero-order chi connectivity index (χ0) is 11.7. The SMILES string of the molecule is Nc1cn(C2CCCC2)nc1-c1ccncc1. The second kappa shape index (κ2) is 4.20. The van der Waals surface area contributed by atoms with Gasteiger partial charge in [0.15, 0.2) is 0 Å². The van der Waals surface area contributed by atoms with Gasteiger partial charge >= 0.3 is 0 Å². The van der Waals surface area contributed by atoms with Gasteiger partial charge in [0.25, 0.3) is 0 Å². The highest BCUT2D eigenvalue weighted by molar-refractivity contribution is 5.71. The van der Waals surface area contributed by atoms with E-state index in [0.717, 1.165) is 16.9 Å². The van der Waals surface area contributed by atoms with Gasteiger partial charge in [-0.25, -0.2) is 0 Å². The fraction of sp³-hybridized carbons (Fsp3) is 0.385. The topological polar surface area (TPSA) is 56.7 Å². The molecule has 3 rings (SSSR count). The zero-order valence-corrected chi connectivity index (χ0v) is 9.71. The number of anilines is 1. The van der Waals surface area contributed by atoms with Crippen LogP contribution in [-0.4, -0.2) is 14.8 Å². The Hall–Kier alpha value is -1.84. The van der Waals surface area contributed by atoms with Crippen LogP contribution in [0.2, 0.25) is 0 Å². The van der Waals surface area contributed by atoms with Crippen molar-refractivity contribution in [2.45, 2.75) is 31.7 Å². The lowest BCUT2D eigenvalue weighted by Crippen LogP contribution is -2.04. The summed E-state index contributed by atoms with van der Waals surface area (Å²) in [5.74, 6) is 0. The second-order valence-corrected chi connectivity index (χ2v) is 4.59. The largest absolute Gasteiger partial charge is 0.396 e. The molecular weight excluding hydrogens is 212 g/mol. The van der Waals surface area contributed by atoms with E-state index in [1.54, 1.807) is 12.4 Å². The molecular formula is C13H16N4. The second-order valence-electron chi connectivity index (χ2n) is 4.59. The van der Waals surface area contributed by atoms with Crippen LogP contribution in [0.25, 0.3) is 11.3 Å². The van der Waals surface area contributed by atoms with Crippen molar-refractivity contribution < 1.29 is 0 Å². The van der Waals surface area contributed by atoms with Crippen LogP contribution in [0.15, 0.2) is 30.7 Å². The van der Waals surface area contributed by atoms with Crippen LogP contribution >= 0.6 is 0 Å². The summed E-state index contributed by atoms with van der Waals surface area (Å²) in [6, 6.07) is 4.42. The van der Waals surface area contributed by atoms with Crippen molar-refractivity contribution in [1.82, 2.24) is 14.8 Å². The molecule has 0 spiro atoms. The summed E-state index contributed by atoms with van der Waals surface area (Å²) in [6.07, 6.45) is 10.5. The minimum Gasteiger partial charge on any atom is -0.396 e. The Morgan fingerprint density at radius 2 is 1.88 bits per heavy atom. The van der Waals surface area contributed by atoms with E-state index in [0.29, 0.717) is 6.04 Å². The van der Waals surface area contributed by atoms with Gasteiger partial charge in [-0.2, -0.15) is 5.10 Å². The quantitative estimate of drug-likeness (QED) is 0.859. The molecule has 0 saturated heterocycles. The number of pyridine rings is 1. The third kappa shape index (κ3) is 1.90. The predicted molar refractivity (Wildman–Crippen MR) is 67.4 cm³/mol. The first kappa shape index (κ1) is 10.3. The maximum Gasteiger partial charge on any atom is 0.115 e. The minimum atomic E-state index is 0.535. The van der Waals surface area contributed by atoms with E-state index in [1.165, 1.54) is 25.7 Å². The average molecular weight is 228 g/mol. The van der Waals surface area contributed by atoms with Crippen molar-refractivity contribution in [2.24, 2.45) is 0 Å². The molecule has 0 radical (unpaired) electrons. The van der Waals surface area contributed by atoms with Gasteiger partial charge in [-0.15, -0.1) is 0 Å². The first-order valence-electron chi connectivity index (χ1n) is 6.09.